The Hall–Kier alpha value is -1.51. The normalized spacial score (nSPS) is 24.7. The van der Waals surface area contributed by atoms with Gasteiger partial charge in [0.05, 0.1) is 0 Å². The van der Waals surface area contributed by atoms with Crippen LogP contribution in [0.5, 0.6) is 5.75 Å². The Morgan fingerprint density at radius 3 is 2.52 bits per heavy atom. The van der Waals surface area contributed by atoms with Crippen LogP contribution in [0.2, 0.25) is 5.02 Å². The molecule has 120 valence electrons. The molecule has 1 unspecified atom stereocenters. The summed E-state index contributed by atoms with van der Waals surface area (Å²) in [6.07, 6.45) is 6.21. The number of ether oxygens (including phenoxy) is 2. The summed E-state index contributed by atoms with van der Waals surface area (Å²) in [5, 5.41) is 0.731. The van der Waals surface area contributed by atoms with Gasteiger partial charge in [0.15, 0.2) is 6.79 Å². The standard InChI is InChI=1S/C20H21ClO2/c21-17-11-12-19-18(13-17)20(23-14-22-19,15-7-3-1-4-8-15)16-9-5-2-6-10-16/h1,3-4,7-8,11-13,16H,2,5-6,9-10,14H2. The zero-order valence-corrected chi connectivity index (χ0v) is 13.9. The molecule has 2 aliphatic rings. The van der Waals surface area contributed by atoms with Crippen molar-refractivity contribution < 1.29 is 9.47 Å². The molecule has 0 saturated heterocycles. The highest BCUT2D eigenvalue weighted by atomic mass is 35.5. The van der Waals surface area contributed by atoms with Crippen molar-refractivity contribution in [2.75, 3.05) is 6.79 Å². The molecule has 0 N–H and O–H groups in total. The maximum atomic E-state index is 6.39. The van der Waals surface area contributed by atoms with Crippen molar-refractivity contribution in [1.29, 1.82) is 0 Å². The van der Waals surface area contributed by atoms with E-state index < -0.39 is 5.60 Å². The molecule has 3 heteroatoms. The minimum atomic E-state index is -0.444. The molecule has 0 radical (unpaired) electrons. The second-order valence-electron chi connectivity index (χ2n) is 6.48. The lowest BCUT2D eigenvalue weighted by Crippen LogP contribution is -2.44. The van der Waals surface area contributed by atoms with Crippen molar-refractivity contribution in [2.24, 2.45) is 5.92 Å². The third-order valence-corrected chi connectivity index (χ3v) is 5.46. The van der Waals surface area contributed by atoms with Crippen LogP contribution in [0.3, 0.4) is 0 Å². The summed E-state index contributed by atoms with van der Waals surface area (Å²) in [6.45, 7) is 0.292. The number of fused-ring (bicyclic) bond motifs is 1. The van der Waals surface area contributed by atoms with Gasteiger partial charge >= 0.3 is 0 Å². The van der Waals surface area contributed by atoms with Gasteiger partial charge in [-0.2, -0.15) is 0 Å². The van der Waals surface area contributed by atoms with E-state index in [0.29, 0.717) is 12.7 Å². The minimum absolute atomic E-state index is 0.292. The summed E-state index contributed by atoms with van der Waals surface area (Å²) in [5.41, 5.74) is 1.84. The van der Waals surface area contributed by atoms with Crippen LogP contribution in [0.4, 0.5) is 0 Å². The molecule has 2 aromatic rings. The largest absolute Gasteiger partial charge is 0.467 e. The molecule has 0 bridgehead atoms. The fourth-order valence-corrected chi connectivity index (χ4v) is 4.36. The first-order valence-corrected chi connectivity index (χ1v) is 8.81. The van der Waals surface area contributed by atoms with E-state index in [0.717, 1.165) is 16.3 Å². The molecule has 1 aliphatic carbocycles. The molecule has 0 spiro atoms. The van der Waals surface area contributed by atoms with E-state index in [1.807, 2.05) is 18.2 Å². The Morgan fingerprint density at radius 1 is 0.957 bits per heavy atom. The number of hydrogen-bond donors (Lipinski definition) is 0. The van der Waals surface area contributed by atoms with Gasteiger partial charge in [-0.1, -0.05) is 61.2 Å². The van der Waals surface area contributed by atoms with Gasteiger partial charge in [0, 0.05) is 10.6 Å². The molecule has 4 rings (SSSR count). The molecule has 1 fully saturated rings. The second-order valence-corrected chi connectivity index (χ2v) is 6.92. The molecule has 2 aromatic carbocycles. The lowest BCUT2D eigenvalue weighted by molar-refractivity contribution is -0.144. The topological polar surface area (TPSA) is 18.5 Å². The maximum absolute atomic E-state index is 6.39. The van der Waals surface area contributed by atoms with Gasteiger partial charge in [-0.15, -0.1) is 0 Å². The summed E-state index contributed by atoms with van der Waals surface area (Å²) in [4.78, 5) is 0. The number of rotatable bonds is 2. The first-order chi connectivity index (χ1) is 11.3. The van der Waals surface area contributed by atoms with Crippen molar-refractivity contribution >= 4 is 11.6 Å². The van der Waals surface area contributed by atoms with Crippen LogP contribution < -0.4 is 4.74 Å². The highest BCUT2D eigenvalue weighted by Crippen LogP contribution is 2.51. The van der Waals surface area contributed by atoms with E-state index in [4.69, 9.17) is 21.1 Å². The van der Waals surface area contributed by atoms with E-state index in [2.05, 4.69) is 30.3 Å². The summed E-state index contributed by atoms with van der Waals surface area (Å²) >= 11 is 6.32. The van der Waals surface area contributed by atoms with Crippen LogP contribution in [-0.2, 0) is 10.3 Å². The minimum Gasteiger partial charge on any atom is -0.467 e. The van der Waals surface area contributed by atoms with Gasteiger partial charge in [-0.3, -0.25) is 0 Å². The molecule has 1 aliphatic heterocycles. The van der Waals surface area contributed by atoms with E-state index >= 15 is 0 Å². The zero-order chi connectivity index (χ0) is 15.7. The quantitative estimate of drug-likeness (QED) is 0.721. The summed E-state index contributed by atoms with van der Waals surface area (Å²) in [7, 11) is 0. The second kappa shape index (κ2) is 6.18. The van der Waals surface area contributed by atoms with Crippen molar-refractivity contribution in [3.8, 4) is 5.75 Å². The number of halogens is 1. The Kier molecular flexibility index (Phi) is 4.04. The van der Waals surface area contributed by atoms with Crippen LogP contribution in [0.15, 0.2) is 48.5 Å². The van der Waals surface area contributed by atoms with Gasteiger partial charge in [0.2, 0.25) is 0 Å². The zero-order valence-electron chi connectivity index (χ0n) is 13.1. The fraction of sp³-hybridized carbons (Fsp3) is 0.400. The van der Waals surface area contributed by atoms with Crippen LogP contribution in [0.25, 0.3) is 0 Å². The first kappa shape index (κ1) is 15.0. The summed E-state index contributed by atoms with van der Waals surface area (Å²) < 4.78 is 12.2. The average Bonchev–Trinajstić information content (AvgIpc) is 2.62. The third kappa shape index (κ3) is 2.54. The lowest BCUT2D eigenvalue weighted by atomic mass is 9.69. The first-order valence-electron chi connectivity index (χ1n) is 8.43. The Balaban J connectivity index is 1.92. The van der Waals surface area contributed by atoms with E-state index in [1.165, 1.54) is 37.7 Å². The van der Waals surface area contributed by atoms with Crippen molar-refractivity contribution in [3.05, 3.63) is 64.7 Å². The highest BCUT2D eigenvalue weighted by molar-refractivity contribution is 6.30. The molecule has 23 heavy (non-hydrogen) atoms. The highest BCUT2D eigenvalue weighted by Gasteiger charge is 2.47. The van der Waals surface area contributed by atoms with Crippen molar-refractivity contribution in [3.63, 3.8) is 0 Å². The molecular weight excluding hydrogens is 308 g/mol. The predicted molar refractivity (Wildman–Crippen MR) is 91.8 cm³/mol. The van der Waals surface area contributed by atoms with E-state index in [-0.39, 0.29) is 0 Å². The van der Waals surface area contributed by atoms with Gasteiger partial charge in [0.25, 0.3) is 0 Å². The summed E-state index contributed by atoms with van der Waals surface area (Å²) in [6, 6.07) is 16.5. The Morgan fingerprint density at radius 2 is 1.74 bits per heavy atom. The number of benzene rings is 2. The monoisotopic (exact) mass is 328 g/mol. The predicted octanol–water partition coefficient (Wildman–Crippen LogP) is 5.53. The Bertz CT molecular complexity index is 679. The van der Waals surface area contributed by atoms with Gasteiger partial charge in [-0.25, -0.2) is 0 Å². The van der Waals surface area contributed by atoms with Crippen molar-refractivity contribution in [2.45, 2.75) is 37.7 Å². The van der Waals surface area contributed by atoms with Crippen molar-refractivity contribution in [1.82, 2.24) is 0 Å². The summed E-state index contributed by atoms with van der Waals surface area (Å²) in [5.74, 6) is 1.36. The van der Waals surface area contributed by atoms with Crippen LogP contribution >= 0.6 is 11.6 Å². The molecular formula is C20H21ClO2. The third-order valence-electron chi connectivity index (χ3n) is 5.23. The molecule has 2 nitrogen and oxygen atoms in total. The maximum Gasteiger partial charge on any atom is 0.190 e. The van der Waals surface area contributed by atoms with Crippen LogP contribution in [0.1, 0.15) is 43.2 Å². The van der Waals surface area contributed by atoms with Crippen LogP contribution in [0, 0.1) is 5.92 Å². The van der Waals surface area contributed by atoms with E-state index in [1.54, 1.807) is 0 Å². The lowest BCUT2D eigenvalue weighted by Gasteiger charge is -2.46. The average molecular weight is 329 g/mol. The fourth-order valence-electron chi connectivity index (χ4n) is 4.19. The van der Waals surface area contributed by atoms with Gasteiger partial charge in [-0.05, 0) is 42.5 Å². The molecule has 0 amide bonds. The van der Waals surface area contributed by atoms with Gasteiger partial charge in [0.1, 0.15) is 11.4 Å². The van der Waals surface area contributed by atoms with Crippen LogP contribution in [-0.4, -0.2) is 6.79 Å². The Labute approximate surface area is 142 Å². The van der Waals surface area contributed by atoms with E-state index in [9.17, 15) is 0 Å². The molecule has 1 atom stereocenters. The molecule has 1 saturated carbocycles. The molecule has 0 aromatic heterocycles. The molecule has 1 heterocycles. The smallest absolute Gasteiger partial charge is 0.190 e. The SMILES string of the molecule is Clc1ccc2c(c1)C(c1ccccc1)(C1CCCCC1)OCO2. The van der Waals surface area contributed by atoms with Gasteiger partial charge < -0.3 is 9.47 Å². The number of hydrogen-bond acceptors (Lipinski definition) is 2.